The summed E-state index contributed by atoms with van der Waals surface area (Å²) in [5.74, 6) is 1.20. The number of morpholine rings is 1. The van der Waals surface area contributed by atoms with Gasteiger partial charge in [-0.2, -0.15) is 4.98 Å². The molecule has 2 aliphatic heterocycles. The van der Waals surface area contributed by atoms with Crippen molar-refractivity contribution >= 4 is 11.8 Å². The van der Waals surface area contributed by atoms with Crippen LogP contribution < -0.4 is 10.2 Å². The second-order valence-corrected chi connectivity index (χ2v) is 7.15. The highest BCUT2D eigenvalue weighted by atomic mass is 19.1. The lowest BCUT2D eigenvalue weighted by Crippen LogP contribution is -2.47. The number of fused-ring (bicyclic) bond motifs is 1. The van der Waals surface area contributed by atoms with E-state index in [1.54, 1.807) is 19.0 Å². The van der Waals surface area contributed by atoms with Crippen LogP contribution in [0.1, 0.15) is 19.3 Å². The van der Waals surface area contributed by atoms with Crippen LogP contribution in [0, 0.1) is 11.7 Å². The monoisotopic (exact) mass is 321 g/mol. The minimum atomic E-state index is -0.398. The highest BCUT2D eigenvalue weighted by molar-refractivity contribution is 5.42. The van der Waals surface area contributed by atoms with Gasteiger partial charge in [0.2, 0.25) is 5.95 Å². The average Bonchev–Trinajstić information content (AvgIpc) is 3.29. The summed E-state index contributed by atoms with van der Waals surface area (Å²) in [7, 11) is 3.56. The molecular weight excluding hydrogens is 297 g/mol. The molecule has 126 valence electrons. The Balaban J connectivity index is 1.39. The number of rotatable bonds is 4. The van der Waals surface area contributed by atoms with Crippen LogP contribution in [-0.2, 0) is 4.74 Å². The predicted molar refractivity (Wildman–Crippen MR) is 86.2 cm³/mol. The van der Waals surface area contributed by atoms with Crippen LogP contribution in [0.15, 0.2) is 6.20 Å². The first kappa shape index (κ1) is 15.1. The number of hydrogen-bond donors (Lipinski definition) is 1. The summed E-state index contributed by atoms with van der Waals surface area (Å²) in [6.45, 7) is 2.85. The molecule has 1 aromatic rings. The zero-order chi connectivity index (χ0) is 16.0. The molecule has 23 heavy (non-hydrogen) atoms. The zero-order valence-electron chi connectivity index (χ0n) is 13.7. The first-order valence-corrected chi connectivity index (χ1v) is 8.42. The van der Waals surface area contributed by atoms with E-state index in [1.807, 2.05) is 0 Å². The minimum Gasteiger partial charge on any atom is -0.375 e. The molecule has 1 saturated carbocycles. The first-order chi connectivity index (χ1) is 11.1. The lowest BCUT2D eigenvalue weighted by atomic mass is 10.1. The smallest absolute Gasteiger partial charge is 0.225 e. The van der Waals surface area contributed by atoms with Crippen molar-refractivity contribution in [1.82, 2.24) is 14.9 Å². The molecule has 1 aliphatic carbocycles. The van der Waals surface area contributed by atoms with E-state index in [0.717, 1.165) is 32.0 Å². The maximum atomic E-state index is 13.7. The van der Waals surface area contributed by atoms with E-state index in [4.69, 9.17) is 4.74 Å². The number of anilines is 2. The summed E-state index contributed by atoms with van der Waals surface area (Å²) in [6.07, 6.45) is 5.32. The van der Waals surface area contributed by atoms with Crippen LogP contribution in [0.4, 0.5) is 16.2 Å². The Morgan fingerprint density at radius 1 is 1.35 bits per heavy atom. The number of hydrogen-bond acceptors (Lipinski definition) is 6. The topological polar surface area (TPSA) is 53.5 Å². The lowest BCUT2D eigenvalue weighted by molar-refractivity contribution is -0.0581. The standard InChI is InChI=1S/C16H24FN5O/c1-21(2)15-13(17)6-18-16(20-15)19-11-5-12-9-23-14(10-3-4-10)8-22(12)7-11/h6,10-12,14H,3-5,7-9H2,1-2H3,(H,18,19,20)/t11-,12-,14+/m0/s1. The van der Waals surface area contributed by atoms with Gasteiger partial charge in [0.1, 0.15) is 0 Å². The molecule has 7 heteroatoms. The van der Waals surface area contributed by atoms with Gasteiger partial charge in [0.05, 0.1) is 18.9 Å². The van der Waals surface area contributed by atoms with Crippen molar-refractivity contribution in [3.05, 3.63) is 12.0 Å². The molecule has 3 atom stereocenters. The van der Waals surface area contributed by atoms with Gasteiger partial charge in [0.15, 0.2) is 11.6 Å². The molecule has 3 heterocycles. The minimum absolute atomic E-state index is 0.294. The van der Waals surface area contributed by atoms with Gasteiger partial charge in [-0.3, -0.25) is 4.90 Å². The van der Waals surface area contributed by atoms with Crippen LogP contribution in [0.2, 0.25) is 0 Å². The fourth-order valence-corrected chi connectivity index (χ4v) is 3.68. The average molecular weight is 321 g/mol. The van der Waals surface area contributed by atoms with E-state index in [9.17, 15) is 4.39 Å². The second kappa shape index (κ2) is 5.87. The van der Waals surface area contributed by atoms with Crippen LogP contribution >= 0.6 is 0 Å². The molecule has 0 bridgehead atoms. The molecule has 1 N–H and O–H groups in total. The zero-order valence-corrected chi connectivity index (χ0v) is 13.7. The summed E-state index contributed by atoms with van der Waals surface area (Å²) in [6, 6.07) is 0.776. The van der Waals surface area contributed by atoms with Crippen molar-refractivity contribution < 1.29 is 9.13 Å². The maximum absolute atomic E-state index is 13.7. The first-order valence-electron chi connectivity index (χ1n) is 8.42. The molecule has 1 aromatic heterocycles. The predicted octanol–water partition coefficient (Wildman–Crippen LogP) is 1.35. The summed E-state index contributed by atoms with van der Waals surface area (Å²) in [5, 5.41) is 3.37. The lowest BCUT2D eigenvalue weighted by Gasteiger charge is -2.35. The largest absolute Gasteiger partial charge is 0.375 e. The number of nitrogens with one attached hydrogen (secondary N) is 1. The summed E-state index contributed by atoms with van der Waals surface area (Å²) < 4.78 is 19.7. The Bertz CT molecular complexity index is 580. The van der Waals surface area contributed by atoms with Gasteiger partial charge in [-0.1, -0.05) is 0 Å². The van der Waals surface area contributed by atoms with E-state index in [1.165, 1.54) is 19.0 Å². The molecule has 3 aliphatic rings. The van der Waals surface area contributed by atoms with Gasteiger partial charge >= 0.3 is 0 Å². The third kappa shape index (κ3) is 3.12. The van der Waals surface area contributed by atoms with E-state index in [-0.39, 0.29) is 0 Å². The molecular formula is C16H24FN5O. The fourth-order valence-electron chi connectivity index (χ4n) is 3.68. The summed E-state index contributed by atoms with van der Waals surface area (Å²) in [4.78, 5) is 12.6. The van der Waals surface area contributed by atoms with Gasteiger partial charge in [-0.05, 0) is 25.2 Å². The van der Waals surface area contributed by atoms with Gasteiger partial charge in [0, 0.05) is 39.3 Å². The molecule has 2 saturated heterocycles. The Morgan fingerprint density at radius 3 is 2.91 bits per heavy atom. The third-order valence-corrected chi connectivity index (χ3v) is 5.08. The third-order valence-electron chi connectivity index (χ3n) is 5.08. The van der Waals surface area contributed by atoms with E-state index in [2.05, 4.69) is 20.2 Å². The Hall–Kier alpha value is -1.47. The maximum Gasteiger partial charge on any atom is 0.225 e. The Kier molecular flexibility index (Phi) is 3.85. The van der Waals surface area contributed by atoms with Crippen LogP contribution in [0.3, 0.4) is 0 Å². The van der Waals surface area contributed by atoms with Crippen LogP contribution in [-0.4, -0.2) is 66.8 Å². The molecule has 0 amide bonds. The van der Waals surface area contributed by atoms with Gasteiger partial charge in [0.25, 0.3) is 0 Å². The number of ether oxygens (including phenoxy) is 1. The SMILES string of the molecule is CN(C)c1nc(N[C@H]2C[C@H]3CO[C@@H](C4CC4)CN3C2)ncc1F. The van der Waals surface area contributed by atoms with Gasteiger partial charge < -0.3 is 15.0 Å². The molecule has 3 fully saturated rings. The van der Waals surface area contributed by atoms with Crippen molar-refractivity contribution in [3.63, 3.8) is 0 Å². The summed E-state index contributed by atoms with van der Waals surface area (Å²) in [5.41, 5.74) is 0. The fraction of sp³-hybridized carbons (Fsp3) is 0.750. The van der Waals surface area contributed by atoms with Crippen LogP contribution in [0.5, 0.6) is 0 Å². The Morgan fingerprint density at radius 2 is 2.17 bits per heavy atom. The quantitative estimate of drug-likeness (QED) is 0.903. The van der Waals surface area contributed by atoms with Crippen molar-refractivity contribution in [3.8, 4) is 0 Å². The van der Waals surface area contributed by atoms with Crippen molar-refractivity contribution in [2.24, 2.45) is 5.92 Å². The van der Waals surface area contributed by atoms with E-state index < -0.39 is 5.82 Å². The van der Waals surface area contributed by atoms with Gasteiger partial charge in [-0.25, -0.2) is 9.37 Å². The number of nitrogens with zero attached hydrogens (tertiary/aromatic N) is 4. The van der Waals surface area contributed by atoms with Crippen LogP contribution in [0.25, 0.3) is 0 Å². The molecule has 0 unspecified atom stereocenters. The second-order valence-electron chi connectivity index (χ2n) is 7.15. The molecule has 6 nitrogen and oxygen atoms in total. The number of halogens is 1. The van der Waals surface area contributed by atoms with Crippen molar-refractivity contribution in [2.75, 3.05) is 44.0 Å². The van der Waals surface area contributed by atoms with Crippen molar-refractivity contribution in [1.29, 1.82) is 0 Å². The van der Waals surface area contributed by atoms with Crippen molar-refractivity contribution in [2.45, 2.75) is 37.5 Å². The molecule has 0 aromatic carbocycles. The molecule has 4 rings (SSSR count). The van der Waals surface area contributed by atoms with E-state index in [0.29, 0.717) is 30.0 Å². The van der Waals surface area contributed by atoms with Gasteiger partial charge in [-0.15, -0.1) is 0 Å². The van der Waals surface area contributed by atoms with E-state index >= 15 is 0 Å². The number of aromatic nitrogens is 2. The highest BCUT2D eigenvalue weighted by Gasteiger charge is 2.42. The molecule has 0 radical (unpaired) electrons. The molecule has 0 spiro atoms. The summed E-state index contributed by atoms with van der Waals surface area (Å²) >= 11 is 0. The highest BCUT2D eigenvalue weighted by Crippen LogP contribution is 2.38. The normalized spacial score (nSPS) is 31.0. The Labute approximate surface area is 136 Å².